The highest BCUT2D eigenvalue weighted by atomic mass is 16.1. The minimum Gasteiger partial charge on any atom is -0.299 e. The van der Waals surface area contributed by atoms with Gasteiger partial charge in [0, 0.05) is 12.2 Å². The Balaban J connectivity index is 2.61. The van der Waals surface area contributed by atoms with Crippen LogP contribution in [0.3, 0.4) is 0 Å². The van der Waals surface area contributed by atoms with E-state index in [1.54, 1.807) is 4.68 Å². The molecule has 0 amide bonds. The largest absolute Gasteiger partial charge is 0.299 e. The molecule has 0 aliphatic heterocycles. The number of H-pyrrole nitrogens is 1. The fourth-order valence-corrected chi connectivity index (χ4v) is 2.18. The molecule has 0 saturated heterocycles. The van der Waals surface area contributed by atoms with Gasteiger partial charge in [0.2, 0.25) is 0 Å². The lowest BCUT2D eigenvalue weighted by Gasteiger charge is -2.05. The lowest BCUT2D eigenvalue weighted by molar-refractivity contribution is 0.573. The maximum absolute atomic E-state index is 12.4. The molecule has 0 saturated carbocycles. The molecule has 0 radical (unpaired) electrons. The number of hydrogen-bond acceptors (Lipinski definition) is 1. The molecule has 2 rings (SSSR count). The van der Waals surface area contributed by atoms with Gasteiger partial charge in [0.1, 0.15) is 0 Å². The molecular formula is C15H20N2O. The van der Waals surface area contributed by atoms with E-state index in [0.717, 1.165) is 29.8 Å². The molecule has 2 aromatic rings. The average Bonchev–Trinajstić information content (AvgIpc) is 2.69. The van der Waals surface area contributed by atoms with Crippen molar-refractivity contribution in [3.05, 3.63) is 46.4 Å². The molecule has 0 spiro atoms. The van der Waals surface area contributed by atoms with Crippen molar-refractivity contribution in [2.45, 2.75) is 39.7 Å². The van der Waals surface area contributed by atoms with Gasteiger partial charge in [-0.05, 0) is 17.9 Å². The quantitative estimate of drug-likeness (QED) is 0.879. The Kier molecular flexibility index (Phi) is 3.70. The van der Waals surface area contributed by atoms with E-state index in [0.29, 0.717) is 5.92 Å². The topological polar surface area (TPSA) is 37.8 Å². The molecular weight excluding hydrogens is 224 g/mol. The van der Waals surface area contributed by atoms with Gasteiger partial charge in [-0.15, -0.1) is 0 Å². The van der Waals surface area contributed by atoms with E-state index >= 15 is 0 Å². The first-order valence-corrected chi connectivity index (χ1v) is 6.53. The Morgan fingerprint density at radius 2 is 1.89 bits per heavy atom. The summed E-state index contributed by atoms with van der Waals surface area (Å²) in [5.74, 6) is 0.311. The van der Waals surface area contributed by atoms with Crippen LogP contribution in [0.2, 0.25) is 0 Å². The third-order valence-electron chi connectivity index (χ3n) is 3.07. The van der Waals surface area contributed by atoms with Crippen LogP contribution >= 0.6 is 0 Å². The molecule has 1 aromatic carbocycles. The van der Waals surface area contributed by atoms with E-state index in [1.165, 1.54) is 0 Å². The van der Waals surface area contributed by atoms with Crippen molar-refractivity contribution >= 4 is 0 Å². The minimum absolute atomic E-state index is 0.0896. The highest BCUT2D eigenvalue weighted by molar-refractivity contribution is 5.65. The molecule has 3 heteroatoms. The van der Waals surface area contributed by atoms with Gasteiger partial charge in [0.05, 0.1) is 5.56 Å². The molecule has 1 heterocycles. The Morgan fingerprint density at radius 1 is 1.22 bits per heavy atom. The third-order valence-corrected chi connectivity index (χ3v) is 3.07. The van der Waals surface area contributed by atoms with Crippen molar-refractivity contribution in [2.75, 3.05) is 0 Å². The van der Waals surface area contributed by atoms with Crippen LogP contribution in [0.15, 0.2) is 35.1 Å². The Labute approximate surface area is 107 Å². The van der Waals surface area contributed by atoms with Crippen LogP contribution in [-0.4, -0.2) is 9.78 Å². The van der Waals surface area contributed by atoms with Crippen LogP contribution in [0.5, 0.6) is 0 Å². The van der Waals surface area contributed by atoms with E-state index in [1.807, 2.05) is 30.3 Å². The Hall–Kier alpha value is -1.77. The fourth-order valence-electron chi connectivity index (χ4n) is 2.18. The number of nitrogens with zero attached hydrogens (tertiary/aromatic N) is 1. The van der Waals surface area contributed by atoms with Crippen LogP contribution in [-0.2, 0) is 6.54 Å². The van der Waals surface area contributed by atoms with Gasteiger partial charge in [0.25, 0.3) is 5.56 Å². The van der Waals surface area contributed by atoms with Gasteiger partial charge in [-0.25, -0.2) is 0 Å². The zero-order chi connectivity index (χ0) is 13.1. The standard InChI is InChI=1S/C15H20N2O/c1-4-10-17-15(18)13(14(16-17)11(2)3)12-8-6-5-7-9-12/h5-9,11,16H,4,10H2,1-3H3. The van der Waals surface area contributed by atoms with Crippen molar-refractivity contribution in [2.24, 2.45) is 0 Å². The van der Waals surface area contributed by atoms with E-state index in [9.17, 15) is 4.79 Å². The normalized spacial score (nSPS) is 11.1. The summed E-state index contributed by atoms with van der Waals surface area (Å²) < 4.78 is 1.72. The Morgan fingerprint density at radius 3 is 2.44 bits per heavy atom. The second kappa shape index (κ2) is 5.25. The summed E-state index contributed by atoms with van der Waals surface area (Å²) in [6.45, 7) is 7.03. The predicted molar refractivity (Wildman–Crippen MR) is 74.9 cm³/mol. The molecule has 0 bridgehead atoms. The number of nitrogens with one attached hydrogen (secondary N) is 1. The summed E-state index contributed by atoms with van der Waals surface area (Å²) in [6.07, 6.45) is 0.951. The first kappa shape index (κ1) is 12.7. The van der Waals surface area contributed by atoms with Crippen molar-refractivity contribution in [1.82, 2.24) is 9.78 Å². The summed E-state index contributed by atoms with van der Waals surface area (Å²) in [4.78, 5) is 12.4. The van der Waals surface area contributed by atoms with Gasteiger partial charge in [-0.3, -0.25) is 14.6 Å². The van der Waals surface area contributed by atoms with E-state index in [-0.39, 0.29) is 5.56 Å². The predicted octanol–water partition coefficient (Wildman–Crippen LogP) is 3.38. The molecule has 1 aromatic heterocycles. The average molecular weight is 244 g/mol. The fraction of sp³-hybridized carbons (Fsp3) is 0.400. The summed E-state index contributed by atoms with van der Waals surface area (Å²) in [7, 11) is 0. The van der Waals surface area contributed by atoms with E-state index in [2.05, 4.69) is 25.9 Å². The number of rotatable bonds is 4. The molecule has 0 aliphatic carbocycles. The number of aromatic nitrogens is 2. The number of aryl methyl sites for hydroxylation is 1. The first-order valence-electron chi connectivity index (χ1n) is 6.53. The second-order valence-corrected chi connectivity index (χ2v) is 4.88. The van der Waals surface area contributed by atoms with Gasteiger partial charge in [-0.2, -0.15) is 0 Å². The smallest absolute Gasteiger partial charge is 0.274 e. The summed E-state index contributed by atoms with van der Waals surface area (Å²) in [5, 5.41) is 3.25. The summed E-state index contributed by atoms with van der Waals surface area (Å²) in [5.41, 5.74) is 2.93. The maximum atomic E-state index is 12.4. The molecule has 3 nitrogen and oxygen atoms in total. The van der Waals surface area contributed by atoms with Crippen LogP contribution in [0.25, 0.3) is 11.1 Å². The molecule has 1 N–H and O–H groups in total. The highest BCUT2D eigenvalue weighted by Gasteiger charge is 2.17. The van der Waals surface area contributed by atoms with Crippen molar-refractivity contribution in [3.63, 3.8) is 0 Å². The molecule has 0 fully saturated rings. The van der Waals surface area contributed by atoms with Crippen LogP contribution in [0, 0.1) is 0 Å². The highest BCUT2D eigenvalue weighted by Crippen LogP contribution is 2.24. The minimum atomic E-state index is 0.0896. The number of hydrogen-bond donors (Lipinski definition) is 1. The zero-order valence-corrected chi connectivity index (χ0v) is 11.2. The molecule has 18 heavy (non-hydrogen) atoms. The van der Waals surface area contributed by atoms with Gasteiger partial charge >= 0.3 is 0 Å². The molecule has 96 valence electrons. The van der Waals surface area contributed by atoms with Crippen LogP contribution in [0.1, 0.15) is 38.8 Å². The zero-order valence-electron chi connectivity index (χ0n) is 11.2. The first-order chi connectivity index (χ1) is 8.65. The Bertz CT molecular complexity index is 564. The van der Waals surface area contributed by atoms with Crippen molar-refractivity contribution in [1.29, 1.82) is 0 Å². The van der Waals surface area contributed by atoms with Crippen LogP contribution < -0.4 is 5.56 Å². The molecule has 0 aliphatic rings. The van der Waals surface area contributed by atoms with Crippen molar-refractivity contribution < 1.29 is 0 Å². The second-order valence-electron chi connectivity index (χ2n) is 4.88. The summed E-state index contributed by atoms with van der Waals surface area (Å²) >= 11 is 0. The number of aromatic amines is 1. The van der Waals surface area contributed by atoms with Crippen LogP contribution in [0.4, 0.5) is 0 Å². The van der Waals surface area contributed by atoms with Crippen molar-refractivity contribution in [3.8, 4) is 11.1 Å². The molecule has 0 atom stereocenters. The third kappa shape index (κ3) is 2.26. The van der Waals surface area contributed by atoms with E-state index < -0.39 is 0 Å². The summed E-state index contributed by atoms with van der Waals surface area (Å²) in [6, 6.07) is 9.89. The number of benzene rings is 1. The van der Waals surface area contributed by atoms with Gasteiger partial charge in [-0.1, -0.05) is 51.1 Å². The van der Waals surface area contributed by atoms with E-state index in [4.69, 9.17) is 0 Å². The molecule has 0 unspecified atom stereocenters. The monoisotopic (exact) mass is 244 g/mol. The maximum Gasteiger partial charge on any atom is 0.274 e. The lowest BCUT2D eigenvalue weighted by Crippen LogP contribution is -2.17. The lowest BCUT2D eigenvalue weighted by atomic mass is 10.0. The SMILES string of the molecule is CCCn1[nH]c(C(C)C)c(-c2ccccc2)c1=O. The van der Waals surface area contributed by atoms with Gasteiger partial charge < -0.3 is 0 Å². The van der Waals surface area contributed by atoms with Gasteiger partial charge in [0.15, 0.2) is 0 Å².